The second kappa shape index (κ2) is 5.75. The van der Waals surface area contributed by atoms with Crippen molar-refractivity contribution >= 4 is 5.69 Å². The van der Waals surface area contributed by atoms with Crippen LogP contribution in [0.15, 0.2) is 30.3 Å². The van der Waals surface area contributed by atoms with Gasteiger partial charge in [0.15, 0.2) is 0 Å². The third kappa shape index (κ3) is 2.80. The fourth-order valence-corrected chi connectivity index (χ4v) is 2.32. The first kappa shape index (κ1) is 14.1. The van der Waals surface area contributed by atoms with Crippen LogP contribution < -0.4 is 5.32 Å². The molecular weight excluding hydrogens is 251 g/mol. The molecule has 2 aromatic rings. The molecule has 0 aliphatic carbocycles. The third-order valence-corrected chi connectivity index (χ3v) is 3.36. The maximum absolute atomic E-state index is 13.6. The van der Waals surface area contributed by atoms with E-state index in [-0.39, 0.29) is 5.82 Å². The number of nitrogens with zero attached hydrogens (tertiary/aromatic N) is 1. The lowest BCUT2D eigenvalue weighted by atomic mass is 10.1. The summed E-state index contributed by atoms with van der Waals surface area (Å²) in [4.78, 5) is 0. The van der Waals surface area contributed by atoms with Gasteiger partial charge in [-0.2, -0.15) is 5.26 Å². The number of halogens is 1. The zero-order valence-corrected chi connectivity index (χ0v) is 11.9. The summed E-state index contributed by atoms with van der Waals surface area (Å²) < 4.78 is 13.6. The Kier molecular flexibility index (Phi) is 4.05. The first-order valence-electron chi connectivity index (χ1n) is 6.52. The molecule has 0 aliphatic rings. The molecule has 1 N–H and O–H groups in total. The molecular formula is C17H17FN2. The number of para-hydroxylation sites is 1. The van der Waals surface area contributed by atoms with Gasteiger partial charge in [0.1, 0.15) is 11.9 Å². The van der Waals surface area contributed by atoms with Crippen LogP contribution in [0.5, 0.6) is 0 Å². The number of benzene rings is 2. The SMILES string of the molecule is Cc1cc(CNc2c(C)cccc2C#N)cc(C)c1F. The molecule has 0 aromatic heterocycles. The number of anilines is 1. The van der Waals surface area contributed by atoms with E-state index in [1.165, 1.54) is 0 Å². The predicted octanol–water partition coefficient (Wildman–Crippen LogP) is 4.23. The van der Waals surface area contributed by atoms with E-state index in [0.29, 0.717) is 23.2 Å². The molecule has 2 aromatic carbocycles. The molecule has 0 radical (unpaired) electrons. The molecule has 20 heavy (non-hydrogen) atoms. The van der Waals surface area contributed by atoms with E-state index in [1.54, 1.807) is 19.9 Å². The fourth-order valence-electron chi connectivity index (χ4n) is 2.32. The molecule has 0 fully saturated rings. The number of nitrogens with one attached hydrogen (secondary N) is 1. The minimum Gasteiger partial charge on any atom is -0.380 e. The van der Waals surface area contributed by atoms with Gasteiger partial charge in [0.05, 0.1) is 11.3 Å². The first-order chi connectivity index (χ1) is 9.52. The summed E-state index contributed by atoms with van der Waals surface area (Å²) >= 11 is 0. The Hall–Kier alpha value is -2.34. The van der Waals surface area contributed by atoms with Gasteiger partial charge in [-0.25, -0.2) is 4.39 Å². The maximum Gasteiger partial charge on any atom is 0.129 e. The van der Waals surface area contributed by atoms with E-state index in [0.717, 1.165) is 16.8 Å². The quantitative estimate of drug-likeness (QED) is 0.904. The molecule has 0 atom stereocenters. The van der Waals surface area contributed by atoms with Crippen molar-refractivity contribution in [3.05, 3.63) is 64.0 Å². The van der Waals surface area contributed by atoms with Crippen LogP contribution in [0.25, 0.3) is 0 Å². The van der Waals surface area contributed by atoms with Gasteiger partial charge < -0.3 is 5.32 Å². The average molecular weight is 268 g/mol. The summed E-state index contributed by atoms with van der Waals surface area (Å²) in [6.07, 6.45) is 0. The minimum absolute atomic E-state index is 0.151. The van der Waals surface area contributed by atoms with E-state index < -0.39 is 0 Å². The number of hydrogen-bond acceptors (Lipinski definition) is 2. The van der Waals surface area contributed by atoms with Crippen molar-refractivity contribution in [3.8, 4) is 6.07 Å². The van der Waals surface area contributed by atoms with Gasteiger partial charge >= 0.3 is 0 Å². The van der Waals surface area contributed by atoms with Crippen LogP contribution in [0.1, 0.15) is 27.8 Å². The number of nitriles is 1. The Labute approximate surface area is 118 Å². The smallest absolute Gasteiger partial charge is 0.129 e. The average Bonchev–Trinajstić information content (AvgIpc) is 2.43. The summed E-state index contributed by atoms with van der Waals surface area (Å²) in [7, 11) is 0. The topological polar surface area (TPSA) is 35.8 Å². The monoisotopic (exact) mass is 268 g/mol. The summed E-state index contributed by atoms with van der Waals surface area (Å²) in [5, 5.41) is 12.4. The second-order valence-corrected chi connectivity index (χ2v) is 5.01. The third-order valence-electron chi connectivity index (χ3n) is 3.36. The number of aryl methyl sites for hydroxylation is 3. The highest BCUT2D eigenvalue weighted by molar-refractivity contribution is 5.62. The molecule has 102 valence electrons. The molecule has 0 unspecified atom stereocenters. The van der Waals surface area contributed by atoms with Crippen LogP contribution in [-0.4, -0.2) is 0 Å². The Bertz CT molecular complexity index is 661. The zero-order chi connectivity index (χ0) is 14.7. The van der Waals surface area contributed by atoms with Crippen molar-refractivity contribution in [2.45, 2.75) is 27.3 Å². The largest absolute Gasteiger partial charge is 0.380 e. The molecule has 0 amide bonds. The van der Waals surface area contributed by atoms with Crippen LogP contribution in [0.2, 0.25) is 0 Å². The van der Waals surface area contributed by atoms with Crippen LogP contribution in [0.4, 0.5) is 10.1 Å². The van der Waals surface area contributed by atoms with Gasteiger partial charge in [0.25, 0.3) is 0 Å². The van der Waals surface area contributed by atoms with Crippen LogP contribution >= 0.6 is 0 Å². The van der Waals surface area contributed by atoms with Gasteiger partial charge in [0, 0.05) is 6.54 Å². The summed E-state index contributed by atoms with van der Waals surface area (Å²) in [6, 6.07) is 11.5. The van der Waals surface area contributed by atoms with Crippen LogP contribution in [0.3, 0.4) is 0 Å². The Morgan fingerprint density at radius 3 is 2.35 bits per heavy atom. The van der Waals surface area contributed by atoms with E-state index in [1.807, 2.05) is 31.2 Å². The van der Waals surface area contributed by atoms with E-state index in [9.17, 15) is 4.39 Å². The highest BCUT2D eigenvalue weighted by Crippen LogP contribution is 2.21. The Balaban J connectivity index is 2.24. The number of hydrogen-bond donors (Lipinski definition) is 1. The molecule has 2 nitrogen and oxygen atoms in total. The molecule has 2 rings (SSSR count). The van der Waals surface area contributed by atoms with Gasteiger partial charge in [0.2, 0.25) is 0 Å². The molecule has 0 bridgehead atoms. The van der Waals surface area contributed by atoms with Crippen molar-refractivity contribution in [2.75, 3.05) is 5.32 Å². The number of rotatable bonds is 3. The standard InChI is InChI=1S/C17H17FN2/c1-11-5-4-6-15(9-19)17(11)20-10-14-7-12(2)16(18)13(3)8-14/h4-8,20H,10H2,1-3H3. The summed E-state index contributed by atoms with van der Waals surface area (Å²) in [5.41, 5.74) is 4.79. The fraction of sp³-hybridized carbons (Fsp3) is 0.235. The van der Waals surface area contributed by atoms with Crippen molar-refractivity contribution < 1.29 is 4.39 Å². The molecule has 0 spiro atoms. The lowest BCUT2D eigenvalue weighted by Gasteiger charge is -2.12. The lowest BCUT2D eigenvalue weighted by Crippen LogP contribution is -2.04. The molecule has 0 heterocycles. The van der Waals surface area contributed by atoms with E-state index >= 15 is 0 Å². The Morgan fingerprint density at radius 1 is 1.10 bits per heavy atom. The predicted molar refractivity (Wildman–Crippen MR) is 79.1 cm³/mol. The van der Waals surface area contributed by atoms with Crippen molar-refractivity contribution in [3.63, 3.8) is 0 Å². The normalized spacial score (nSPS) is 10.2. The van der Waals surface area contributed by atoms with Crippen LogP contribution in [0, 0.1) is 37.9 Å². The highest BCUT2D eigenvalue weighted by atomic mass is 19.1. The Morgan fingerprint density at radius 2 is 1.75 bits per heavy atom. The van der Waals surface area contributed by atoms with Gasteiger partial charge in [-0.05, 0) is 49.1 Å². The minimum atomic E-state index is -0.151. The van der Waals surface area contributed by atoms with Crippen LogP contribution in [-0.2, 0) is 6.54 Å². The van der Waals surface area contributed by atoms with Gasteiger partial charge in [-0.3, -0.25) is 0 Å². The van der Waals surface area contributed by atoms with Crippen molar-refractivity contribution in [1.82, 2.24) is 0 Å². The first-order valence-corrected chi connectivity index (χ1v) is 6.52. The maximum atomic E-state index is 13.6. The van der Waals surface area contributed by atoms with E-state index in [2.05, 4.69) is 11.4 Å². The molecule has 0 saturated heterocycles. The summed E-state index contributed by atoms with van der Waals surface area (Å²) in [5.74, 6) is -0.151. The van der Waals surface area contributed by atoms with Crippen molar-refractivity contribution in [2.24, 2.45) is 0 Å². The molecule has 0 saturated carbocycles. The van der Waals surface area contributed by atoms with Crippen molar-refractivity contribution in [1.29, 1.82) is 5.26 Å². The lowest BCUT2D eigenvalue weighted by molar-refractivity contribution is 0.608. The van der Waals surface area contributed by atoms with Gasteiger partial charge in [-0.1, -0.05) is 24.3 Å². The second-order valence-electron chi connectivity index (χ2n) is 5.01. The molecule has 0 aliphatic heterocycles. The highest BCUT2D eigenvalue weighted by Gasteiger charge is 2.07. The zero-order valence-electron chi connectivity index (χ0n) is 11.9. The summed E-state index contributed by atoms with van der Waals surface area (Å²) in [6.45, 7) is 6.06. The molecule has 3 heteroatoms. The van der Waals surface area contributed by atoms with E-state index in [4.69, 9.17) is 5.26 Å². The van der Waals surface area contributed by atoms with Gasteiger partial charge in [-0.15, -0.1) is 0 Å².